The van der Waals surface area contributed by atoms with Crippen LogP contribution in [0, 0.1) is 6.92 Å². The van der Waals surface area contributed by atoms with Crippen molar-refractivity contribution in [2.75, 3.05) is 19.3 Å². The Hall–Kier alpha value is -2.04. The van der Waals surface area contributed by atoms with Gasteiger partial charge < -0.3 is 16.0 Å². The lowest BCUT2D eigenvalue weighted by Crippen LogP contribution is -2.40. The number of nitrogens with two attached hydrogens (primary N) is 1. The Balaban J connectivity index is 2.71. The minimum atomic E-state index is -0.193. The molecule has 1 aromatic carbocycles. The van der Waals surface area contributed by atoms with E-state index in [9.17, 15) is 9.59 Å². The Bertz CT molecular complexity index is 484. The third kappa shape index (κ3) is 4.28. The Morgan fingerprint density at radius 3 is 2.53 bits per heavy atom. The third-order valence-corrected chi connectivity index (χ3v) is 2.69. The lowest BCUT2D eigenvalue weighted by atomic mass is 10.1. The molecule has 0 spiro atoms. The average molecular weight is 263 g/mol. The molecular weight excluding hydrogens is 242 g/mol. The van der Waals surface area contributed by atoms with Crippen molar-refractivity contribution in [1.29, 1.82) is 0 Å². The Morgan fingerprint density at radius 1 is 1.37 bits per heavy atom. The number of benzene rings is 1. The van der Waals surface area contributed by atoms with E-state index in [1.54, 1.807) is 25.2 Å². The van der Waals surface area contributed by atoms with Crippen molar-refractivity contribution in [3.8, 4) is 0 Å². The molecule has 0 aliphatic carbocycles. The van der Waals surface area contributed by atoms with Crippen LogP contribution in [-0.2, 0) is 4.79 Å². The smallest absolute Gasteiger partial charge is 0.254 e. The van der Waals surface area contributed by atoms with E-state index in [0.29, 0.717) is 11.3 Å². The number of carbonyl (C=O) groups excluding carboxylic acids is 2. The van der Waals surface area contributed by atoms with Crippen LogP contribution in [0.3, 0.4) is 0 Å². The van der Waals surface area contributed by atoms with E-state index < -0.39 is 0 Å². The van der Waals surface area contributed by atoms with Crippen molar-refractivity contribution < 1.29 is 9.59 Å². The van der Waals surface area contributed by atoms with Crippen molar-refractivity contribution in [2.24, 2.45) is 0 Å². The van der Waals surface area contributed by atoms with Gasteiger partial charge >= 0.3 is 0 Å². The fourth-order valence-corrected chi connectivity index (χ4v) is 1.68. The van der Waals surface area contributed by atoms with E-state index in [0.717, 1.165) is 5.56 Å². The topological polar surface area (TPSA) is 75.4 Å². The molecule has 0 saturated carbocycles. The average Bonchev–Trinajstić information content (AvgIpc) is 2.30. The molecule has 0 heterocycles. The predicted octanol–water partition coefficient (Wildman–Crippen LogP) is 1.17. The number of nitrogen functional groups attached to an aromatic ring is 1. The second kappa shape index (κ2) is 6.22. The van der Waals surface area contributed by atoms with E-state index in [1.807, 2.05) is 20.8 Å². The number of hydrogen-bond acceptors (Lipinski definition) is 3. The van der Waals surface area contributed by atoms with Crippen LogP contribution in [0.5, 0.6) is 0 Å². The summed E-state index contributed by atoms with van der Waals surface area (Å²) < 4.78 is 0. The summed E-state index contributed by atoms with van der Waals surface area (Å²) >= 11 is 0. The van der Waals surface area contributed by atoms with Gasteiger partial charge in [-0.05, 0) is 44.5 Å². The van der Waals surface area contributed by atoms with Crippen LogP contribution in [0.15, 0.2) is 18.2 Å². The molecule has 104 valence electrons. The first-order valence-corrected chi connectivity index (χ1v) is 6.22. The number of amides is 2. The summed E-state index contributed by atoms with van der Waals surface area (Å²) in [6.45, 7) is 5.64. The largest absolute Gasteiger partial charge is 0.399 e. The Labute approximate surface area is 113 Å². The summed E-state index contributed by atoms with van der Waals surface area (Å²) in [4.78, 5) is 25.1. The molecule has 0 aliphatic heterocycles. The maximum Gasteiger partial charge on any atom is 0.254 e. The predicted molar refractivity (Wildman–Crippen MR) is 75.8 cm³/mol. The number of carbonyl (C=O) groups is 2. The highest BCUT2D eigenvalue weighted by Gasteiger charge is 2.15. The normalized spacial score (nSPS) is 10.4. The number of aryl methyl sites for hydroxylation is 1. The van der Waals surface area contributed by atoms with Gasteiger partial charge in [0.25, 0.3) is 5.91 Å². The van der Waals surface area contributed by atoms with Crippen molar-refractivity contribution >= 4 is 17.5 Å². The van der Waals surface area contributed by atoms with E-state index in [-0.39, 0.29) is 24.4 Å². The minimum absolute atomic E-state index is 0.0421. The molecule has 1 aromatic rings. The summed E-state index contributed by atoms with van der Waals surface area (Å²) in [6.07, 6.45) is 0. The zero-order valence-electron chi connectivity index (χ0n) is 11.9. The van der Waals surface area contributed by atoms with Gasteiger partial charge in [0.05, 0.1) is 6.54 Å². The second-order valence-corrected chi connectivity index (χ2v) is 4.95. The van der Waals surface area contributed by atoms with Crippen LogP contribution >= 0.6 is 0 Å². The molecule has 0 fully saturated rings. The van der Waals surface area contributed by atoms with Gasteiger partial charge in [-0.1, -0.05) is 0 Å². The van der Waals surface area contributed by atoms with Crippen molar-refractivity contribution in [1.82, 2.24) is 10.2 Å². The SMILES string of the molecule is Cc1cc(C(=O)N(C)CC(=O)NC(C)C)ccc1N. The van der Waals surface area contributed by atoms with Gasteiger partial charge in [0, 0.05) is 24.3 Å². The molecule has 0 bridgehead atoms. The number of rotatable bonds is 4. The van der Waals surface area contributed by atoms with Gasteiger partial charge in [-0.2, -0.15) is 0 Å². The zero-order valence-corrected chi connectivity index (χ0v) is 11.9. The molecule has 19 heavy (non-hydrogen) atoms. The van der Waals surface area contributed by atoms with Crippen LogP contribution in [0.25, 0.3) is 0 Å². The standard InChI is InChI=1S/C14H21N3O2/c1-9(2)16-13(18)8-17(4)14(19)11-5-6-12(15)10(3)7-11/h5-7,9H,8,15H2,1-4H3,(H,16,18). The molecule has 2 amide bonds. The first kappa shape index (κ1) is 15.0. The maximum absolute atomic E-state index is 12.1. The third-order valence-electron chi connectivity index (χ3n) is 2.69. The van der Waals surface area contributed by atoms with Crippen LogP contribution in [-0.4, -0.2) is 36.3 Å². The Kier molecular flexibility index (Phi) is 4.92. The van der Waals surface area contributed by atoms with Gasteiger partial charge in [0.1, 0.15) is 0 Å². The number of likely N-dealkylation sites (N-methyl/N-ethyl adjacent to an activating group) is 1. The number of nitrogens with one attached hydrogen (secondary N) is 1. The van der Waals surface area contributed by atoms with Crippen molar-refractivity contribution in [3.05, 3.63) is 29.3 Å². The summed E-state index contributed by atoms with van der Waals surface area (Å²) in [5.41, 5.74) is 7.75. The van der Waals surface area contributed by atoms with Crippen molar-refractivity contribution in [2.45, 2.75) is 26.8 Å². The monoisotopic (exact) mass is 263 g/mol. The number of nitrogens with zero attached hydrogens (tertiary/aromatic N) is 1. The zero-order chi connectivity index (χ0) is 14.6. The summed E-state index contributed by atoms with van der Waals surface area (Å²) in [6, 6.07) is 5.16. The van der Waals surface area contributed by atoms with E-state index >= 15 is 0 Å². The molecule has 1 rings (SSSR count). The van der Waals surface area contributed by atoms with Crippen LogP contribution < -0.4 is 11.1 Å². The summed E-state index contributed by atoms with van der Waals surface area (Å²) in [5, 5.41) is 2.75. The fraction of sp³-hybridized carbons (Fsp3) is 0.429. The highest BCUT2D eigenvalue weighted by Crippen LogP contribution is 2.13. The lowest BCUT2D eigenvalue weighted by Gasteiger charge is -2.18. The lowest BCUT2D eigenvalue weighted by molar-refractivity contribution is -0.122. The van der Waals surface area contributed by atoms with Crippen LogP contribution in [0.4, 0.5) is 5.69 Å². The van der Waals surface area contributed by atoms with Gasteiger partial charge in [0.15, 0.2) is 0 Å². The molecule has 0 aromatic heterocycles. The molecule has 0 unspecified atom stereocenters. The van der Waals surface area contributed by atoms with Crippen LogP contribution in [0.1, 0.15) is 29.8 Å². The first-order chi connectivity index (χ1) is 8.81. The number of anilines is 1. The van der Waals surface area contributed by atoms with Gasteiger partial charge in [-0.15, -0.1) is 0 Å². The quantitative estimate of drug-likeness (QED) is 0.801. The molecule has 0 aliphatic rings. The number of hydrogen-bond donors (Lipinski definition) is 2. The minimum Gasteiger partial charge on any atom is -0.399 e. The summed E-state index contributed by atoms with van der Waals surface area (Å²) in [7, 11) is 1.61. The molecular formula is C14H21N3O2. The highest BCUT2D eigenvalue weighted by atomic mass is 16.2. The molecule has 0 radical (unpaired) electrons. The molecule has 3 N–H and O–H groups in total. The fourth-order valence-electron chi connectivity index (χ4n) is 1.68. The van der Waals surface area contributed by atoms with Crippen LogP contribution in [0.2, 0.25) is 0 Å². The molecule has 5 heteroatoms. The van der Waals surface area contributed by atoms with E-state index in [2.05, 4.69) is 5.32 Å². The second-order valence-electron chi connectivity index (χ2n) is 4.95. The van der Waals surface area contributed by atoms with Gasteiger partial charge in [-0.25, -0.2) is 0 Å². The van der Waals surface area contributed by atoms with Gasteiger partial charge in [0.2, 0.25) is 5.91 Å². The first-order valence-electron chi connectivity index (χ1n) is 6.22. The maximum atomic E-state index is 12.1. The molecule has 0 saturated heterocycles. The summed E-state index contributed by atoms with van der Waals surface area (Å²) in [5.74, 6) is -0.361. The Morgan fingerprint density at radius 2 is 2.00 bits per heavy atom. The van der Waals surface area contributed by atoms with E-state index in [1.165, 1.54) is 4.90 Å². The highest BCUT2D eigenvalue weighted by molar-refractivity contribution is 5.96. The molecule has 0 atom stereocenters. The molecule has 5 nitrogen and oxygen atoms in total. The van der Waals surface area contributed by atoms with Gasteiger partial charge in [-0.3, -0.25) is 9.59 Å². The van der Waals surface area contributed by atoms with E-state index in [4.69, 9.17) is 5.73 Å². The van der Waals surface area contributed by atoms with Crippen molar-refractivity contribution in [3.63, 3.8) is 0 Å².